The van der Waals surface area contributed by atoms with E-state index in [1.54, 1.807) is 18.9 Å². The molecular formula is C17H25NO4S. The lowest BCUT2D eigenvalue weighted by molar-refractivity contribution is -0.139. The molecule has 0 aliphatic carbocycles. The Labute approximate surface area is 142 Å². The topological polar surface area (TPSA) is 67.8 Å². The number of benzene rings is 1. The van der Waals surface area contributed by atoms with Gasteiger partial charge in [-0.1, -0.05) is 12.6 Å². The van der Waals surface area contributed by atoms with Crippen LogP contribution in [0.1, 0.15) is 18.9 Å². The van der Waals surface area contributed by atoms with Gasteiger partial charge in [0.2, 0.25) is 0 Å². The Balaban J connectivity index is 2.73. The van der Waals surface area contributed by atoms with Crippen molar-refractivity contribution in [3.05, 3.63) is 35.9 Å². The highest BCUT2D eigenvalue weighted by Gasteiger charge is 2.16. The Hall–Kier alpha value is -1.66. The van der Waals surface area contributed by atoms with Crippen molar-refractivity contribution in [3.8, 4) is 11.5 Å². The quantitative estimate of drug-likeness (QED) is 0.604. The van der Waals surface area contributed by atoms with Crippen molar-refractivity contribution < 1.29 is 19.4 Å². The number of carboxylic acids is 1. The molecule has 1 aromatic rings. The molecule has 1 unspecified atom stereocenters. The van der Waals surface area contributed by atoms with Gasteiger partial charge in [0, 0.05) is 6.54 Å². The van der Waals surface area contributed by atoms with Crippen molar-refractivity contribution in [2.45, 2.75) is 25.9 Å². The van der Waals surface area contributed by atoms with Gasteiger partial charge in [-0.2, -0.15) is 11.8 Å². The summed E-state index contributed by atoms with van der Waals surface area (Å²) < 4.78 is 11.0. The Morgan fingerprint density at radius 1 is 1.43 bits per heavy atom. The SMILES string of the molecule is C=C(C)COc1cc(CNC(CCSC)C(=O)O)ccc1OC. The number of ether oxygens (including phenoxy) is 2. The molecule has 0 spiro atoms. The van der Waals surface area contributed by atoms with Gasteiger partial charge in [-0.25, -0.2) is 0 Å². The second-order valence-corrected chi connectivity index (χ2v) is 6.27. The molecule has 0 aromatic heterocycles. The number of carbonyl (C=O) groups is 1. The van der Waals surface area contributed by atoms with Crippen LogP contribution in [0.2, 0.25) is 0 Å². The van der Waals surface area contributed by atoms with Crippen LogP contribution in [0.15, 0.2) is 30.4 Å². The van der Waals surface area contributed by atoms with Gasteiger partial charge in [0.25, 0.3) is 0 Å². The number of carboxylic acid groups (broad SMARTS) is 1. The monoisotopic (exact) mass is 339 g/mol. The third-order valence-electron chi connectivity index (χ3n) is 3.16. The predicted molar refractivity (Wildman–Crippen MR) is 94.6 cm³/mol. The molecule has 0 bridgehead atoms. The summed E-state index contributed by atoms with van der Waals surface area (Å²) in [4.78, 5) is 11.2. The van der Waals surface area contributed by atoms with Crippen LogP contribution >= 0.6 is 11.8 Å². The van der Waals surface area contributed by atoms with Gasteiger partial charge in [-0.05, 0) is 48.6 Å². The first-order valence-electron chi connectivity index (χ1n) is 7.37. The van der Waals surface area contributed by atoms with Crippen molar-refractivity contribution in [2.24, 2.45) is 0 Å². The second kappa shape index (κ2) is 10.2. The molecule has 0 radical (unpaired) electrons. The number of methoxy groups -OCH3 is 1. The second-order valence-electron chi connectivity index (χ2n) is 5.28. The molecule has 0 aliphatic rings. The zero-order valence-corrected chi connectivity index (χ0v) is 14.7. The van der Waals surface area contributed by atoms with E-state index in [0.29, 0.717) is 31.1 Å². The molecule has 0 heterocycles. The summed E-state index contributed by atoms with van der Waals surface area (Å²) in [6.07, 6.45) is 2.55. The first-order chi connectivity index (χ1) is 11.0. The average molecular weight is 339 g/mol. The molecule has 5 nitrogen and oxygen atoms in total. The van der Waals surface area contributed by atoms with Crippen molar-refractivity contribution >= 4 is 17.7 Å². The van der Waals surface area contributed by atoms with Crippen LogP contribution in [0.5, 0.6) is 11.5 Å². The van der Waals surface area contributed by atoms with Crippen LogP contribution in [-0.4, -0.2) is 42.8 Å². The van der Waals surface area contributed by atoms with E-state index in [2.05, 4.69) is 11.9 Å². The van der Waals surface area contributed by atoms with Crippen molar-refractivity contribution in [1.82, 2.24) is 5.32 Å². The number of hydrogen-bond acceptors (Lipinski definition) is 5. The molecule has 1 aromatic carbocycles. The highest BCUT2D eigenvalue weighted by Crippen LogP contribution is 2.28. The summed E-state index contributed by atoms with van der Waals surface area (Å²) in [6, 6.07) is 5.03. The minimum absolute atomic E-state index is 0.415. The van der Waals surface area contributed by atoms with Gasteiger partial charge in [-0.3, -0.25) is 4.79 Å². The molecule has 0 amide bonds. The van der Waals surface area contributed by atoms with Crippen LogP contribution in [0.3, 0.4) is 0 Å². The first-order valence-corrected chi connectivity index (χ1v) is 8.76. The number of thioether (sulfide) groups is 1. The van der Waals surface area contributed by atoms with E-state index >= 15 is 0 Å². The van der Waals surface area contributed by atoms with Crippen LogP contribution in [0, 0.1) is 0 Å². The molecule has 2 N–H and O–H groups in total. The first kappa shape index (κ1) is 19.4. The molecule has 0 fully saturated rings. The van der Waals surface area contributed by atoms with Crippen molar-refractivity contribution in [2.75, 3.05) is 25.7 Å². The molecule has 128 valence electrons. The third-order valence-corrected chi connectivity index (χ3v) is 3.81. The maximum absolute atomic E-state index is 11.2. The van der Waals surface area contributed by atoms with Gasteiger partial charge >= 0.3 is 5.97 Å². The normalized spacial score (nSPS) is 11.8. The highest BCUT2D eigenvalue weighted by molar-refractivity contribution is 7.98. The van der Waals surface area contributed by atoms with Crippen LogP contribution in [0.25, 0.3) is 0 Å². The summed E-state index contributed by atoms with van der Waals surface area (Å²) >= 11 is 1.64. The lowest BCUT2D eigenvalue weighted by atomic mass is 10.1. The predicted octanol–water partition coefficient (Wildman–Crippen LogP) is 2.95. The van der Waals surface area contributed by atoms with Gasteiger partial charge in [-0.15, -0.1) is 0 Å². The zero-order chi connectivity index (χ0) is 17.2. The average Bonchev–Trinajstić information content (AvgIpc) is 2.52. The lowest BCUT2D eigenvalue weighted by Gasteiger charge is -2.16. The van der Waals surface area contributed by atoms with Crippen LogP contribution in [-0.2, 0) is 11.3 Å². The van der Waals surface area contributed by atoms with E-state index in [0.717, 1.165) is 16.9 Å². The Morgan fingerprint density at radius 2 is 2.17 bits per heavy atom. The largest absolute Gasteiger partial charge is 0.493 e. The maximum Gasteiger partial charge on any atom is 0.320 e. The van der Waals surface area contributed by atoms with E-state index in [-0.39, 0.29) is 0 Å². The number of rotatable bonds is 11. The Kier molecular flexibility index (Phi) is 8.58. The molecular weight excluding hydrogens is 314 g/mol. The molecule has 0 saturated carbocycles. The number of nitrogens with one attached hydrogen (secondary N) is 1. The molecule has 6 heteroatoms. The third kappa shape index (κ3) is 6.97. The van der Waals surface area contributed by atoms with Gasteiger partial charge in [0.1, 0.15) is 12.6 Å². The van der Waals surface area contributed by atoms with Gasteiger partial charge < -0.3 is 19.9 Å². The van der Waals surface area contributed by atoms with E-state index in [9.17, 15) is 9.90 Å². The minimum atomic E-state index is -0.827. The molecule has 1 rings (SSSR count). The summed E-state index contributed by atoms with van der Waals surface area (Å²) in [7, 11) is 1.59. The molecule has 0 aliphatic heterocycles. The fourth-order valence-electron chi connectivity index (χ4n) is 1.93. The molecule has 23 heavy (non-hydrogen) atoms. The summed E-state index contributed by atoms with van der Waals surface area (Å²) in [5, 5.41) is 12.3. The smallest absolute Gasteiger partial charge is 0.320 e. The van der Waals surface area contributed by atoms with Crippen molar-refractivity contribution in [3.63, 3.8) is 0 Å². The lowest BCUT2D eigenvalue weighted by Crippen LogP contribution is -2.36. The standard InChI is InChI=1S/C17H25NO4S/c1-12(2)11-22-16-9-13(5-6-15(16)21-3)10-18-14(17(19)20)7-8-23-4/h5-6,9,14,18H,1,7-8,10-11H2,2-4H3,(H,19,20). The van der Waals surface area contributed by atoms with Crippen LogP contribution < -0.4 is 14.8 Å². The minimum Gasteiger partial charge on any atom is -0.493 e. The molecule has 1 atom stereocenters. The fourth-order valence-corrected chi connectivity index (χ4v) is 2.41. The molecule has 0 saturated heterocycles. The van der Waals surface area contributed by atoms with E-state index < -0.39 is 12.0 Å². The van der Waals surface area contributed by atoms with E-state index in [4.69, 9.17) is 9.47 Å². The van der Waals surface area contributed by atoms with E-state index in [1.807, 2.05) is 31.4 Å². The van der Waals surface area contributed by atoms with E-state index in [1.165, 1.54) is 0 Å². The fraction of sp³-hybridized carbons (Fsp3) is 0.471. The van der Waals surface area contributed by atoms with Gasteiger partial charge in [0.15, 0.2) is 11.5 Å². The Bertz CT molecular complexity index is 533. The summed E-state index contributed by atoms with van der Waals surface area (Å²) in [5.74, 6) is 1.25. The number of hydrogen-bond donors (Lipinski definition) is 2. The number of aliphatic carboxylic acids is 1. The van der Waals surface area contributed by atoms with Gasteiger partial charge in [0.05, 0.1) is 7.11 Å². The zero-order valence-electron chi connectivity index (χ0n) is 13.9. The Morgan fingerprint density at radius 3 is 2.74 bits per heavy atom. The summed E-state index contributed by atoms with van der Waals surface area (Å²) in [6.45, 7) is 6.57. The van der Waals surface area contributed by atoms with Crippen molar-refractivity contribution in [1.29, 1.82) is 0 Å². The van der Waals surface area contributed by atoms with Crippen LogP contribution in [0.4, 0.5) is 0 Å². The highest BCUT2D eigenvalue weighted by atomic mass is 32.2. The summed E-state index contributed by atoms with van der Waals surface area (Å²) in [5.41, 5.74) is 1.86. The maximum atomic E-state index is 11.2.